The lowest BCUT2D eigenvalue weighted by molar-refractivity contribution is -0.268. The maximum Gasteiger partial charge on any atom is 0.407 e. The predicted molar refractivity (Wildman–Crippen MR) is 158 cm³/mol. The summed E-state index contributed by atoms with van der Waals surface area (Å²) in [4.78, 5) is 11.8. The van der Waals surface area contributed by atoms with Crippen LogP contribution < -0.4 is 5.32 Å². The topological polar surface area (TPSA) is 97.3 Å². The van der Waals surface area contributed by atoms with Gasteiger partial charge >= 0.3 is 6.09 Å². The number of carbonyl (C=O) groups excluding carboxylic acids is 1. The first kappa shape index (κ1) is 29.8. The molecule has 1 saturated heterocycles. The van der Waals surface area contributed by atoms with E-state index in [0.29, 0.717) is 12.3 Å². The summed E-state index contributed by atoms with van der Waals surface area (Å²) in [6, 6.07) is 24.0. The third-order valence-corrected chi connectivity index (χ3v) is 7.89. The zero-order valence-electron chi connectivity index (χ0n) is 22.7. The molecule has 1 aliphatic rings. The van der Waals surface area contributed by atoms with Gasteiger partial charge in [-0.3, -0.25) is 0 Å². The van der Waals surface area contributed by atoms with Crippen LogP contribution in [0, 0.1) is 5.92 Å². The van der Waals surface area contributed by atoms with E-state index in [9.17, 15) is 15.0 Å². The molecule has 3 aromatic carbocycles. The number of ether oxygens (including phenoxy) is 3. The van der Waals surface area contributed by atoms with Gasteiger partial charge in [0.2, 0.25) is 0 Å². The highest BCUT2D eigenvalue weighted by molar-refractivity contribution is 7.99. The Kier molecular flexibility index (Phi) is 11.2. The van der Waals surface area contributed by atoms with Crippen LogP contribution >= 0.6 is 11.8 Å². The lowest BCUT2D eigenvalue weighted by Gasteiger charge is -2.41. The molecule has 212 valence electrons. The van der Waals surface area contributed by atoms with Crippen LogP contribution in [0.3, 0.4) is 0 Å². The summed E-state index contributed by atoms with van der Waals surface area (Å²) in [5, 5.41) is 21.4. The van der Waals surface area contributed by atoms with Gasteiger partial charge in [-0.2, -0.15) is 11.8 Å². The van der Waals surface area contributed by atoms with Crippen molar-refractivity contribution in [2.75, 3.05) is 24.7 Å². The fourth-order valence-corrected chi connectivity index (χ4v) is 5.54. The molecule has 0 aliphatic carbocycles. The lowest BCUT2D eigenvalue weighted by atomic mass is 9.91. The number of benzene rings is 3. The highest BCUT2D eigenvalue weighted by Gasteiger charge is 2.38. The van der Waals surface area contributed by atoms with Crippen molar-refractivity contribution in [3.8, 4) is 11.1 Å². The Labute approximate surface area is 240 Å². The fourth-order valence-electron chi connectivity index (χ4n) is 4.63. The van der Waals surface area contributed by atoms with Crippen LogP contribution in [0.5, 0.6) is 0 Å². The molecule has 1 fully saturated rings. The number of aliphatic hydroxyl groups is 2. The first-order valence-electron chi connectivity index (χ1n) is 13.4. The van der Waals surface area contributed by atoms with E-state index in [1.54, 1.807) is 11.8 Å². The lowest BCUT2D eigenvalue weighted by Crippen LogP contribution is -2.38. The molecule has 0 radical (unpaired) electrons. The summed E-state index contributed by atoms with van der Waals surface area (Å²) < 4.78 is 18.0. The SMILES string of the molecule is C=CCOC(=O)NCc1cccc(-c2ccc([C@H]3O[C@@H](CSCCO)[C@@H](C)[C@@H](c4ccc(CO)cc4)O3)cc2)c1. The minimum absolute atomic E-state index is 0.00155. The fraction of sp³-hybridized carbons (Fsp3) is 0.344. The number of hydrogen-bond donors (Lipinski definition) is 3. The van der Waals surface area contributed by atoms with Crippen molar-refractivity contribution in [2.45, 2.75) is 38.6 Å². The van der Waals surface area contributed by atoms with Crippen LogP contribution in [-0.4, -0.2) is 47.1 Å². The second-order valence-corrected chi connectivity index (χ2v) is 10.8. The van der Waals surface area contributed by atoms with E-state index in [4.69, 9.17) is 14.2 Å². The quantitative estimate of drug-likeness (QED) is 0.190. The zero-order chi connectivity index (χ0) is 28.3. The number of rotatable bonds is 12. The van der Waals surface area contributed by atoms with Gasteiger partial charge in [0.15, 0.2) is 6.29 Å². The van der Waals surface area contributed by atoms with Gasteiger partial charge in [-0.15, -0.1) is 0 Å². The second-order valence-electron chi connectivity index (χ2n) is 9.68. The number of hydrogen-bond acceptors (Lipinski definition) is 7. The Balaban J connectivity index is 1.49. The zero-order valence-corrected chi connectivity index (χ0v) is 23.5. The number of alkyl carbamates (subject to hydrolysis) is 1. The van der Waals surface area contributed by atoms with Crippen LogP contribution in [0.4, 0.5) is 4.79 Å². The Morgan fingerprint density at radius 3 is 2.45 bits per heavy atom. The molecule has 3 N–H and O–H groups in total. The molecule has 4 rings (SSSR count). The van der Waals surface area contributed by atoms with E-state index in [-0.39, 0.29) is 37.9 Å². The molecule has 0 bridgehead atoms. The third-order valence-electron chi connectivity index (χ3n) is 6.85. The summed E-state index contributed by atoms with van der Waals surface area (Å²) in [5.74, 6) is 1.52. The van der Waals surface area contributed by atoms with Gasteiger partial charge in [-0.25, -0.2) is 4.79 Å². The van der Waals surface area contributed by atoms with Crippen molar-refractivity contribution in [1.82, 2.24) is 5.32 Å². The Bertz CT molecular complexity index is 1230. The largest absolute Gasteiger partial charge is 0.445 e. The normalized spacial score (nSPS) is 20.6. The summed E-state index contributed by atoms with van der Waals surface area (Å²) in [5.41, 5.74) is 5.86. The smallest absolute Gasteiger partial charge is 0.407 e. The Morgan fingerprint density at radius 2 is 1.75 bits per heavy atom. The van der Waals surface area contributed by atoms with Gasteiger partial charge in [-0.1, -0.05) is 86.3 Å². The van der Waals surface area contributed by atoms with Gasteiger partial charge in [0.25, 0.3) is 0 Å². The van der Waals surface area contributed by atoms with Crippen LogP contribution in [0.25, 0.3) is 11.1 Å². The number of nitrogens with one attached hydrogen (secondary N) is 1. The number of thioether (sulfide) groups is 1. The highest BCUT2D eigenvalue weighted by atomic mass is 32.2. The van der Waals surface area contributed by atoms with E-state index in [0.717, 1.165) is 39.1 Å². The Hall–Kier alpha value is -3.14. The molecule has 1 amide bonds. The molecule has 1 heterocycles. The molecule has 0 aromatic heterocycles. The van der Waals surface area contributed by atoms with E-state index in [1.165, 1.54) is 6.08 Å². The monoisotopic (exact) mass is 563 g/mol. The average Bonchev–Trinajstić information content (AvgIpc) is 3.00. The summed E-state index contributed by atoms with van der Waals surface area (Å²) in [7, 11) is 0. The van der Waals surface area contributed by atoms with Gasteiger partial charge in [-0.05, 0) is 33.9 Å². The van der Waals surface area contributed by atoms with Gasteiger partial charge in [0, 0.05) is 29.5 Å². The van der Waals surface area contributed by atoms with Crippen molar-refractivity contribution in [2.24, 2.45) is 5.92 Å². The highest BCUT2D eigenvalue weighted by Crippen LogP contribution is 2.42. The molecule has 8 heteroatoms. The summed E-state index contributed by atoms with van der Waals surface area (Å²) >= 11 is 1.67. The maximum absolute atomic E-state index is 11.8. The Morgan fingerprint density at radius 1 is 1.00 bits per heavy atom. The van der Waals surface area contributed by atoms with E-state index in [2.05, 4.69) is 18.8 Å². The molecule has 3 aromatic rings. The van der Waals surface area contributed by atoms with Crippen LogP contribution in [0.15, 0.2) is 85.5 Å². The van der Waals surface area contributed by atoms with Crippen molar-refractivity contribution in [3.63, 3.8) is 0 Å². The molecule has 0 spiro atoms. The number of carbonyl (C=O) groups is 1. The van der Waals surface area contributed by atoms with Gasteiger partial charge in [0.05, 0.1) is 25.4 Å². The standard InChI is InChI=1S/C32H37NO6S/c1-3-16-37-32(36)33-19-24-5-4-6-28(18-24)25-11-13-27(14-12-25)31-38-29(21-40-17-15-34)22(2)30(39-31)26-9-7-23(20-35)8-10-26/h3-14,18,22,29-31,34-35H,1,15-17,19-21H2,2H3,(H,33,36)/t22-,29+,30+,31+/m1/s1. The van der Waals surface area contributed by atoms with Gasteiger partial charge < -0.3 is 29.7 Å². The van der Waals surface area contributed by atoms with E-state index < -0.39 is 12.4 Å². The molecule has 4 atom stereocenters. The minimum atomic E-state index is -0.537. The summed E-state index contributed by atoms with van der Waals surface area (Å²) in [6.07, 6.45) is 0.282. The molecule has 1 aliphatic heterocycles. The first-order valence-corrected chi connectivity index (χ1v) is 14.6. The molecule has 40 heavy (non-hydrogen) atoms. The summed E-state index contributed by atoms with van der Waals surface area (Å²) in [6.45, 7) is 6.34. The maximum atomic E-state index is 11.8. The minimum Gasteiger partial charge on any atom is -0.445 e. The van der Waals surface area contributed by atoms with Crippen molar-refractivity contribution in [1.29, 1.82) is 0 Å². The van der Waals surface area contributed by atoms with Crippen molar-refractivity contribution < 1.29 is 29.2 Å². The second kappa shape index (κ2) is 15.0. The van der Waals surface area contributed by atoms with Crippen molar-refractivity contribution in [3.05, 3.63) is 108 Å². The van der Waals surface area contributed by atoms with Crippen LogP contribution in [-0.2, 0) is 27.4 Å². The molecular weight excluding hydrogens is 526 g/mol. The number of amides is 1. The molecule has 0 saturated carbocycles. The van der Waals surface area contributed by atoms with Crippen LogP contribution in [0.1, 0.15) is 41.6 Å². The van der Waals surface area contributed by atoms with Crippen molar-refractivity contribution >= 4 is 17.9 Å². The first-order chi connectivity index (χ1) is 19.5. The molecular formula is C32H37NO6S. The number of aliphatic hydroxyl groups excluding tert-OH is 2. The van der Waals surface area contributed by atoms with Gasteiger partial charge in [0.1, 0.15) is 6.61 Å². The molecule has 0 unspecified atom stereocenters. The van der Waals surface area contributed by atoms with Crippen LogP contribution in [0.2, 0.25) is 0 Å². The van der Waals surface area contributed by atoms with E-state index in [1.807, 2.05) is 72.8 Å². The average molecular weight is 564 g/mol. The predicted octanol–water partition coefficient (Wildman–Crippen LogP) is 5.78. The van der Waals surface area contributed by atoms with E-state index >= 15 is 0 Å². The molecule has 7 nitrogen and oxygen atoms in total. The third kappa shape index (κ3) is 7.96.